The van der Waals surface area contributed by atoms with Crippen LogP contribution in [0.2, 0.25) is 0 Å². The second-order valence-corrected chi connectivity index (χ2v) is 6.71. The van der Waals surface area contributed by atoms with E-state index in [1.54, 1.807) is 0 Å². The van der Waals surface area contributed by atoms with Crippen LogP contribution in [0, 0.1) is 0 Å². The Morgan fingerprint density at radius 1 is 1.07 bits per heavy atom. The quantitative estimate of drug-likeness (QED) is 0.757. The largest absolute Gasteiger partial charge is 0.307 e. The van der Waals surface area contributed by atoms with Gasteiger partial charge in [-0.05, 0) is 61.4 Å². The molecule has 0 spiro atoms. The number of nitrogens with one attached hydrogen (secondary N) is 1. The number of piperidine rings is 1. The van der Waals surface area contributed by atoms with Gasteiger partial charge in [-0.25, -0.2) is 0 Å². The van der Waals surface area contributed by atoms with Gasteiger partial charge in [-0.1, -0.05) is 0 Å². The van der Waals surface area contributed by atoms with Crippen LogP contribution in [0.5, 0.6) is 0 Å². The lowest BCUT2D eigenvalue weighted by Crippen LogP contribution is -2.62. The van der Waals surface area contributed by atoms with E-state index in [-0.39, 0.29) is 11.1 Å². The zero-order chi connectivity index (χ0) is 11.9. The second-order valence-electron chi connectivity index (χ2n) is 6.71. The maximum absolute atomic E-state index is 3.73. The van der Waals surface area contributed by atoms with Crippen molar-refractivity contribution in [3.05, 3.63) is 0 Å². The minimum absolute atomic E-state index is 0.259. The Balaban J connectivity index is 2.75. The first-order valence-corrected chi connectivity index (χ1v) is 6.14. The van der Waals surface area contributed by atoms with Crippen LogP contribution in [0.4, 0.5) is 0 Å². The topological polar surface area (TPSA) is 15.3 Å². The number of rotatable bonds is 2. The molecule has 0 saturated carbocycles. The Bertz CT molecular complexity index is 203. The van der Waals surface area contributed by atoms with E-state index in [4.69, 9.17) is 0 Å². The van der Waals surface area contributed by atoms with Crippen LogP contribution in [0.3, 0.4) is 0 Å². The van der Waals surface area contributed by atoms with Gasteiger partial charge in [0.15, 0.2) is 0 Å². The van der Waals surface area contributed by atoms with Crippen molar-refractivity contribution in [3.63, 3.8) is 0 Å². The lowest BCUT2D eigenvalue weighted by molar-refractivity contribution is 0.0655. The molecule has 0 bridgehead atoms. The monoisotopic (exact) mass is 212 g/mol. The van der Waals surface area contributed by atoms with Crippen molar-refractivity contribution in [3.8, 4) is 0 Å². The third kappa shape index (κ3) is 3.46. The van der Waals surface area contributed by atoms with Crippen LogP contribution >= 0.6 is 0 Å². The Morgan fingerprint density at radius 2 is 1.47 bits per heavy atom. The van der Waals surface area contributed by atoms with Crippen molar-refractivity contribution < 1.29 is 0 Å². The molecule has 2 nitrogen and oxygen atoms in total. The fourth-order valence-electron chi connectivity index (χ4n) is 2.98. The summed E-state index contributed by atoms with van der Waals surface area (Å²) in [5.41, 5.74) is 0.519. The van der Waals surface area contributed by atoms with Gasteiger partial charge in [-0.15, -0.1) is 0 Å². The molecule has 2 heteroatoms. The maximum atomic E-state index is 3.73. The SMILES string of the molecule is CC(C)N(C)C1CC(C)(C)NC(C)(C)C1. The molecular formula is C13H28N2. The highest BCUT2D eigenvalue weighted by atomic mass is 15.2. The lowest BCUT2D eigenvalue weighted by atomic mass is 9.79. The van der Waals surface area contributed by atoms with E-state index in [1.807, 2.05) is 0 Å². The summed E-state index contributed by atoms with van der Waals surface area (Å²) < 4.78 is 0. The highest BCUT2D eigenvalue weighted by Crippen LogP contribution is 2.31. The average molecular weight is 212 g/mol. The smallest absolute Gasteiger partial charge is 0.0145 e. The van der Waals surface area contributed by atoms with E-state index in [1.165, 1.54) is 12.8 Å². The van der Waals surface area contributed by atoms with Gasteiger partial charge < -0.3 is 10.2 Å². The van der Waals surface area contributed by atoms with Crippen molar-refractivity contribution in [1.29, 1.82) is 0 Å². The Morgan fingerprint density at radius 3 is 1.80 bits per heavy atom. The minimum atomic E-state index is 0.259. The summed E-state index contributed by atoms with van der Waals surface area (Å²) in [6.07, 6.45) is 2.48. The zero-order valence-corrected chi connectivity index (χ0v) is 11.5. The van der Waals surface area contributed by atoms with Gasteiger partial charge in [0.25, 0.3) is 0 Å². The van der Waals surface area contributed by atoms with Gasteiger partial charge in [-0.2, -0.15) is 0 Å². The predicted octanol–water partition coefficient (Wildman–Crippen LogP) is 2.64. The molecule has 0 aromatic rings. The van der Waals surface area contributed by atoms with E-state index < -0.39 is 0 Å². The molecule has 0 radical (unpaired) electrons. The highest BCUT2D eigenvalue weighted by Gasteiger charge is 2.39. The number of hydrogen-bond acceptors (Lipinski definition) is 2. The minimum Gasteiger partial charge on any atom is -0.307 e. The molecule has 0 aromatic heterocycles. The van der Waals surface area contributed by atoms with Crippen LogP contribution in [-0.2, 0) is 0 Å². The Hall–Kier alpha value is -0.0800. The van der Waals surface area contributed by atoms with Crippen molar-refractivity contribution in [1.82, 2.24) is 10.2 Å². The molecular weight excluding hydrogens is 184 g/mol. The normalized spacial score (nSPS) is 26.2. The summed E-state index contributed by atoms with van der Waals surface area (Å²) in [6, 6.07) is 1.34. The lowest BCUT2D eigenvalue weighted by Gasteiger charge is -2.49. The summed E-state index contributed by atoms with van der Waals surface area (Å²) in [6.45, 7) is 13.8. The van der Waals surface area contributed by atoms with Crippen molar-refractivity contribution in [2.24, 2.45) is 0 Å². The van der Waals surface area contributed by atoms with Crippen LogP contribution < -0.4 is 5.32 Å². The standard InChI is InChI=1S/C13H28N2/c1-10(2)15(7)11-8-12(3,4)14-13(5,6)9-11/h10-11,14H,8-9H2,1-7H3. The van der Waals surface area contributed by atoms with E-state index in [0.29, 0.717) is 12.1 Å². The molecule has 1 rings (SSSR count). The summed E-state index contributed by atoms with van der Waals surface area (Å²) in [5, 5.41) is 3.73. The van der Waals surface area contributed by atoms with Gasteiger partial charge in [0, 0.05) is 23.2 Å². The zero-order valence-electron chi connectivity index (χ0n) is 11.5. The molecule has 0 aromatic carbocycles. The highest BCUT2D eigenvalue weighted by molar-refractivity contribution is 5.00. The van der Waals surface area contributed by atoms with E-state index >= 15 is 0 Å². The summed E-state index contributed by atoms with van der Waals surface area (Å²) in [7, 11) is 2.26. The summed E-state index contributed by atoms with van der Waals surface area (Å²) in [4.78, 5) is 2.52. The van der Waals surface area contributed by atoms with Crippen LogP contribution in [0.25, 0.3) is 0 Å². The maximum Gasteiger partial charge on any atom is 0.0145 e. The first kappa shape index (κ1) is 13.0. The van der Waals surface area contributed by atoms with E-state index in [2.05, 4.69) is 58.8 Å². The second kappa shape index (κ2) is 4.06. The molecule has 1 saturated heterocycles. The Labute approximate surface area is 95.4 Å². The Kier molecular flexibility index (Phi) is 3.52. The van der Waals surface area contributed by atoms with Gasteiger partial charge in [0.05, 0.1) is 0 Å². The molecule has 0 unspecified atom stereocenters. The molecule has 1 N–H and O–H groups in total. The van der Waals surface area contributed by atoms with Gasteiger partial charge in [0.1, 0.15) is 0 Å². The van der Waals surface area contributed by atoms with Crippen LogP contribution in [-0.4, -0.2) is 35.1 Å². The van der Waals surface area contributed by atoms with Crippen molar-refractivity contribution >= 4 is 0 Å². The van der Waals surface area contributed by atoms with Crippen LogP contribution in [0.15, 0.2) is 0 Å². The fraction of sp³-hybridized carbons (Fsp3) is 1.00. The molecule has 1 aliphatic heterocycles. The third-order valence-electron chi connectivity index (χ3n) is 3.56. The molecule has 1 aliphatic rings. The first-order valence-electron chi connectivity index (χ1n) is 6.14. The molecule has 0 atom stereocenters. The van der Waals surface area contributed by atoms with Crippen molar-refractivity contribution in [2.75, 3.05) is 7.05 Å². The van der Waals surface area contributed by atoms with Crippen molar-refractivity contribution in [2.45, 2.75) is 77.5 Å². The molecule has 1 fully saturated rings. The number of nitrogens with zero attached hydrogens (tertiary/aromatic N) is 1. The van der Waals surface area contributed by atoms with Gasteiger partial charge in [0.2, 0.25) is 0 Å². The van der Waals surface area contributed by atoms with E-state index in [9.17, 15) is 0 Å². The third-order valence-corrected chi connectivity index (χ3v) is 3.56. The first-order chi connectivity index (χ1) is 6.63. The van der Waals surface area contributed by atoms with Gasteiger partial charge in [-0.3, -0.25) is 0 Å². The molecule has 1 heterocycles. The predicted molar refractivity (Wildman–Crippen MR) is 67.2 cm³/mol. The molecule has 90 valence electrons. The molecule has 15 heavy (non-hydrogen) atoms. The summed E-state index contributed by atoms with van der Waals surface area (Å²) in [5.74, 6) is 0. The number of hydrogen-bond donors (Lipinski definition) is 1. The van der Waals surface area contributed by atoms with Gasteiger partial charge >= 0.3 is 0 Å². The average Bonchev–Trinajstić information content (AvgIpc) is 1.96. The molecule has 0 amide bonds. The fourth-order valence-corrected chi connectivity index (χ4v) is 2.98. The molecule has 0 aliphatic carbocycles. The van der Waals surface area contributed by atoms with E-state index in [0.717, 1.165) is 0 Å². The van der Waals surface area contributed by atoms with Crippen LogP contribution in [0.1, 0.15) is 54.4 Å². The summed E-state index contributed by atoms with van der Waals surface area (Å²) >= 11 is 0.